The average molecular weight is 285 g/mol. The first-order valence-corrected chi connectivity index (χ1v) is 6.04. The second-order valence-corrected chi connectivity index (χ2v) is 4.44. The minimum absolute atomic E-state index is 0.00351. The van der Waals surface area contributed by atoms with E-state index in [4.69, 9.17) is 31.3 Å². The summed E-state index contributed by atoms with van der Waals surface area (Å²) >= 11 is 5.87. The lowest BCUT2D eigenvalue weighted by atomic mass is 10.1. The number of nitrogens with zero attached hydrogens (tertiary/aromatic N) is 1. The number of anilines is 1. The molecular weight excluding hydrogens is 275 g/mol. The van der Waals surface area contributed by atoms with Crippen molar-refractivity contribution in [1.82, 2.24) is 5.16 Å². The zero-order chi connectivity index (χ0) is 13.4. The number of nitrogens with two attached hydrogens (primary N) is 1. The van der Waals surface area contributed by atoms with Crippen LogP contribution in [-0.2, 0) is 0 Å². The molecule has 1 aromatic carbocycles. The lowest BCUT2D eigenvalue weighted by Gasteiger charge is -2.13. The molecule has 1 aliphatic heterocycles. The number of halogens is 2. The van der Waals surface area contributed by atoms with Gasteiger partial charge in [0.1, 0.15) is 0 Å². The molecule has 3 rings (SSSR count). The Balaban J connectivity index is 2.27. The number of benzene rings is 1. The first-order chi connectivity index (χ1) is 9.18. The summed E-state index contributed by atoms with van der Waals surface area (Å²) in [4.78, 5) is 0. The molecule has 2 aromatic rings. The maximum absolute atomic E-state index is 14.3. The maximum atomic E-state index is 14.3. The Kier molecular flexibility index (Phi) is 2.94. The fraction of sp³-hybridized carbons (Fsp3) is 0.250. The van der Waals surface area contributed by atoms with E-state index >= 15 is 0 Å². The highest BCUT2D eigenvalue weighted by molar-refractivity contribution is 6.31. The topological polar surface area (TPSA) is 70.5 Å². The molecule has 5 nitrogen and oxygen atoms in total. The van der Waals surface area contributed by atoms with Gasteiger partial charge >= 0.3 is 0 Å². The number of hydrogen-bond acceptors (Lipinski definition) is 5. The number of aromatic nitrogens is 1. The van der Waals surface area contributed by atoms with Crippen molar-refractivity contribution in [2.75, 3.05) is 18.9 Å². The second kappa shape index (κ2) is 4.62. The highest BCUT2D eigenvalue weighted by Gasteiger charge is 2.25. The molecule has 19 heavy (non-hydrogen) atoms. The number of hydrogen-bond donors (Lipinski definition) is 1. The lowest BCUT2D eigenvalue weighted by molar-refractivity contribution is 0.297. The molecule has 2 N–H and O–H groups in total. The third-order valence-corrected chi connectivity index (χ3v) is 3.07. The summed E-state index contributed by atoms with van der Waals surface area (Å²) in [5.41, 5.74) is 6.04. The van der Waals surface area contributed by atoms with Crippen LogP contribution in [0.2, 0.25) is 5.02 Å². The van der Waals surface area contributed by atoms with E-state index < -0.39 is 5.82 Å². The molecule has 7 heteroatoms. The van der Waals surface area contributed by atoms with Gasteiger partial charge in [-0.1, -0.05) is 16.8 Å². The summed E-state index contributed by atoms with van der Waals surface area (Å²) in [7, 11) is 0. The Bertz CT molecular complexity index is 630. The summed E-state index contributed by atoms with van der Waals surface area (Å²) < 4.78 is 30.1. The largest absolute Gasteiger partial charge is 0.489 e. The SMILES string of the molecule is Nc1oncc1-c1c(F)c(Cl)cc2c1OCCCO2. The van der Waals surface area contributed by atoms with Gasteiger partial charge in [0.15, 0.2) is 17.3 Å². The quantitative estimate of drug-likeness (QED) is 0.872. The van der Waals surface area contributed by atoms with Crippen LogP contribution in [0.25, 0.3) is 11.1 Å². The van der Waals surface area contributed by atoms with Crippen LogP contribution in [0.1, 0.15) is 6.42 Å². The van der Waals surface area contributed by atoms with Gasteiger partial charge in [0, 0.05) is 12.5 Å². The molecule has 0 radical (unpaired) electrons. The highest BCUT2D eigenvalue weighted by Crippen LogP contribution is 2.45. The van der Waals surface area contributed by atoms with Crippen molar-refractivity contribution in [3.8, 4) is 22.6 Å². The molecule has 0 saturated heterocycles. The monoisotopic (exact) mass is 284 g/mol. The van der Waals surface area contributed by atoms with Crippen molar-refractivity contribution in [3.63, 3.8) is 0 Å². The Morgan fingerprint density at radius 1 is 1.32 bits per heavy atom. The molecule has 2 heterocycles. The molecule has 0 atom stereocenters. The number of nitrogen functional groups attached to an aromatic ring is 1. The lowest BCUT2D eigenvalue weighted by Crippen LogP contribution is -1.99. The molecule has 0 unspecified atom stereocenters. The summed E-state index contributed by atoms with van der Waals surface area (Å²) in [6, 6.07) is 1.39. The smallest absolute Gasteiger partial charge is 0.230 e. The van der Waals surface area contributed by atoms with Gasteiger partial charge in [-0.15, -0.1) is 0 Å². The summed E-state index contributed by atoms with van der Waals surface area (Å²) in [6.07, 6.45) is 2.02. The predicted octanol–water partition coefficient (Wildman–Crippen LogP) is 2.88. The van der Waals surface area contributed by atoms with Crippen molar-refractivity contribution in [2.45, 2.75) is 6.42 Å². The predicted molar refractivity (Wildman–Crippen MR) is 66.9 cm³/mol. The molecule has 1 aromatic heterocycles. The van der Waals surface area contributed by atoms with Crippen molar-refractivity contribution < 1.29 is 18.4 Å². The number of fused-ring (bicyclic) bond motifs is 1. The minimum atomic E-state index is -0.638. The van der Waals surface area contributed by atoms with Crippen LogP contribution in [0.5, 0.6) is 11.5 Å². The maximum Gasteiger partial charge on any atom is 0.230 e. The number of ether oxygens (including phenoxy) is 2. The van der Waals surface area contributed by atoms with E-state index in [1.165, 1.54) is 12.3 Å². The molecule has 0 amide bonds. The summed E-state index contributed by atoms with van der Waals surface area (Å²) in [5, 5.41) is 3.47. The van der Waals surface area contributed by atoms with Crippen molar-refractivity contribution in [3.05, 3.63) is 23.1 Å². The summed E-state index contributed by atoms with van der Waals surface area (Å²) in [5.74, 6) is 0.0193. The van der Waals surface area contributed by atoms with Crippen LogP contribution in [0.4, 0.5) is 10.3 Å². The average Bonchev–Trinajstić information content (AvgIpc) is 2.67. The molecule has 0 bridgehead atoms. The van der Waals surface area contributed by atoms with E-state index in [0.717, 1.165) is 0 Å². The van der Waals surface area contributed by atoms with Crippen LogP contribution >= 0.6 is 11.6 Å². The number of rotatable bonds is 1. The van der Waals surface area contributed by atoms with Crippen molar-refractivity contribution in [1.29, 1.82) is 0 Å². The first kappa shape index (κ1) is 12.1. The Hall–Kier alpha value is -1.95. The van der Waals surface area contributed by atoms with Crippen LogP contribution in [0.3, 0.4) is 0 Å². The van der Waals surface area contributed by atoms with E-state index in [0.29, 0.717) is 30.9 Å². The zero-order valence-corrected chi connectivity index (χ0v) is 10.5. The zero-order valence-electron chi connectivity index (χ0n) is 9.78. The van der Waals surface area contributed by atoms with E-state index in [9.17, 15) is 4.39 Å². The van der Waals surface area contributed by atoms with Crippen LogP contribution < -0.4 is 15.2 Å². The Morgan fingerprint density at radius 2 is 2.11 bits per heavy atom. The van der Waals surface area contributed by atoms with Crippen molar-refractivity contribution in [2.24, 2.45) is 0 Å². The van der Waals surface area contributed by atoms with E-state index in [1.807, 2.05) is 0 Å². The highest BCUT2D eigenvalue weighted by atomic mass is 35.5. The minimum Gasteiger partial charge on any atom is -0.489 e. The Morgan fingerprint density at radius 3 is 2.84 bits per heavy atom. The normalized spacial score (nSPS) is 14.2. The van der Waals surface area contributed by atoms with Gasteiger partial charge in [0.25, 0.3) is 0 Å². The third kappa shape index (κ3) is 1.98. The molecule has 100 valence electrons. The fourth-order valence-corrected chi connectivity index (χ4v) is 2.12. The van der Waals surface area contributed by atoms with Crippen molar-refractivity contribution >= 4 is 17.5 Å². The van der Waals surface area contributed by atoms with Crippen LogP contribution in [-0.4, -0.2) is 18.4 Å². The molecular formula is C12H10ClFN2O3. The van der Waals surface area contributed by atoms with Gasteiger partial charge in [-0.25, -0.2) is 4.39 Å². The van der Waals surface area contributed by atoms with Gasteiger partial charge in [-0.3, -0.25) is 0 Å². The molecule has 0 fully saturated rings. The molecule has 0 aliphatic carbocycles. The van der Waals surface area contributed by atoms with E-state index in [2.05, 4.69) is 5.16 Å². The van der Waals surface area contributed by atoms with E-state index in [-0.39, 0.29) is 22.2 Å². The van der Waals surface area contributed by atoms with E-state index in [1.54, 1.807) is 0 Å². The molecule has 0 saturated carbocycles. The second-order valence-electron chi connectivity index (χ2n) is 4.03. The molecule has 1 aliphatic rings. The standard InChI is InChI=1S/C12H10ClFN2O3/c13-7-4-8-11(18-3-1-2-17-8)9(10(7)14)6-5-16-19-12(6)15/h4-5H,1-3,15H2. The van der Waals surface area contributed by atoms with Gasteiger partial charge in [0.05, 0.1) is 35.6 Å². The van der Waals surface area contributed by atoms with Gasteiger partial charge in [-0.2, -0.15) is 0 Å². The van der Waals surface area contributed by atoms with Crippen LogP contribution in [0, 0.1) is 5.82 Å². The Labute approximate surface area is 113 Å². The van der Waals surface area contributed by atoms with Crippen LogP contribution in [0.15, 0.2) is 16.8 Å². The van der Waals surface area contributed by atoms with Gasteiger partial charge in [-0.05, 0) is 0 Å². The third-order valence-electron chi connectivity index (χ3n) is 2.80. The fourth-order valence-electron chi connectivity index (χ4n) is 1.93. The van der Waals surface area contributed by atoms with Gasteiger partial charge < -0.3 is 19.7 Å². The summed E-state index contributed by atoms with van der Waals surface area (Å²) in [6.45, 7) is 0.903. The molecule has 0 spiro atoms. The van der Waals surface area contributed by atoms with Gasteiger partial charge in [0.2, 0.25) is 5.88 Å². The first-order valence-electron chi connectivity index (χ1n) is 5.66.